The van der Waals surface area contributed by atoms with Crippen molar-refractivity contribution in [2.75, 3.05) is 39.8 Å². The van der Waals surface area contributed by atoms with Crippen molar-refractivity contribution in [1.29, 1.82) is 0 Å². The smallest absolute Gasteiger partial charge is 0.223 e. The molecule has 0 aromatic carbocycles. The van der Waals surface area contributed by atoms with E-state index >= 15 is 0 Å². The zero-order valence-electron chi connectivity index (χ0n) is 15.3. The summed E-state index contributed by atoms with van der Waals surface area (Å²) >= 11 is 0. The van der Waals surface area contributed by atoms with Gasteiger partial charge in [-0.2, -0.15) is 0 Å². The molecule has 1 N–H and O–H groups in total. The lowest BCUT2D eigenvalue weighted by molar-refractivity contribution is -0.126. The van der Waals surface area contributed by atoms with Crippen molar-refractivity contribution in [3.63, 3.8) is 0 Å². The maximum atomic E-state index is 12.4. The van der Waals surface area contributed by atoms with Crippen molar-refractivity contribution >= 4 is 18.3 Å². The van der Waals surface area contributed by atoms with E-state index in [0.717, 1.165) is 45.6 Å². The van der Waals surface area contributed by atoms with Crippen LogP contribution in [-0.4, -0.2) is 61.0 Å². The Labute approximate surface area is 148 Å². The molecule has 0 radical (unpaired) electrons. The minimum absolute atomic E-state index is 0. The summed E-state index contributed by atoms with van der Waals surface area (Å²) in [7, 11) is 2.21. The van der Waals surface area contributed by atoms with E-state index in [9.17, 15) is 4.79 Å². The van der Waals surface area contributed by atoms with Gasteiger partial charge in [-0.25, -0.2) is 0 Å². The second-order valence-electron chi connectivity index (χ2n) is 7.31. The summed E-state index contributed by atoms with van der Waals surface area (Å²) in [6, 6.07) is 0. The summed E-state index contributed by atoms with van der Waals surface area (Å²) in [5.41, 5.74) is 0.223. The third kappa shape index (κ3) is 5.33. The van der Waals surface area contributed by atoms with Crippen molar-refractivity contribution in [2.45, 2.75) is 64.3 Å². The van der Waals surface area contributed by atoms with Gasteiger partial charge in [0.2, 0.25) is 5.91 Å². The van der Waals surface area contributed by atoms with Crippen LogP contribution in [0.25, 0.3) is 0 Å². The number of halogens is 1. The van der Waals surface area contributed by atoms with Gasteiger partial charge in [0.1, 0.15) is 0 Å². The average Bonchev–Trinajstić information content (AvgIpc) is 2.55. The van der Waals surface area contributed by atoms with E-state index in [0.29, 0.717) is 0 Å². The Bertz CT molecular complexity index is 346. The second kappa shape index (κ2) is 9.85. The van der Waals surface area contributed by atoms with Gasteiger partial charge in [0.05, 0.1) is 0 Å². The minimum Gasteiger partial charge on any atom is -0.354 e. The van der Waals surface area contributed by atoms with Crippen LogP contribution in [0.15, 0.2) is 0 Å². The monoisotopic (exact) mass is 345 g/mol. The zero-order chi connectivity index (χ0) is 16.0. The molecule has 2 aliphatic rings. The minimum atomic E-state index is 0. The SMILES string of the molecule is CCC(CC)C(=O)NCC1(N2CCN(C)CC2)CCCCC1.Cl. The first-order valence-corrected chi connectivity index (χ1v) is 9.32. The molecular formula is C18H36ClN3O. The molecule has 2 rings (SSSR count). The number of likely N-dealkylation sites (N-methyl/N-ethyl adjacent to an activating group) is 1. The lowest BCUT2D eigenvalue weighted by atomic mass is 9.79. The summed E-state index contributed by atoms with van der Waals surface area (Å²) in [4.78, 5) is 17.5. The van der Waals surface area contributed by atoms with Gasteiger partial charge in [-0.15, -0.1) is 12.4 Å². The first kappa shape index (κ1) is 20.7. The fourth-order valence-electron chi connectivity index (χ4n) is 4.15. The quantitative estimate of drug-likeness (QED) is 0.804. The number of nitrogens with zero attached hydrogens (tertiary/aromatic N) is 2. The Hall–Kier alpha value is -0.320. The summed E-state index contributed by atoms with van der Waals surface area (Å²) in [5.74, 6) is 0.456. The Morgan fingerprint density at radius 3 is 2.13 bits per heavy atom. The summed E-state index contributed by atoms with van der Waals surface area (Å²) < 4.78 is 0. The van der Waals surface area contributed by atoms with Crippen LogP contribution in [0.5, 0.6) is 0 Å². The zero-order valence-corrected chi connectivity index (χ0v) is 16.1. The van der Waals surface area contributed by atoms with Gasteiger partial charge in [0.25, 0.3) is 0 Å². The number of hydrogen-bond donors (Lipinski definition) is 1. The van der Waals surface area contributed by atoms with Gasteiger partial charge >= 0.3 is 0 Å². The van der Waals surface area contributed by atoms with E-state index < -0.39 is 0 Å². The molecule has 0 aromatic heterocycles. The van der Waals surface area contributed by atoms with Gasteiger partial charge in [-0.3, -0.25) is 9.69 Å². The highest BCUT2D eigenvalue weighted by atomic mass is 35.5. The van der Waals surface area contributed by atoms with Crippen LogP contribution in [0.2, 0.25) is 0 Å². The van der Waals surface area contributed by atoms with Crippen LogP contribution in [0.3, 0.4) is 0 Å². The van der Waals surface area contributed by atoms with E-state index in [-0.39, 0.29) is 29.8 Å². The largest absolute Gasteiger partial charge is 0.354 e. The first-order chi connectivity index (χ1) is 10.6. The van der Waals surface area contributed by atoms with Crippen LogP contribution in [0, 0.1) is 5.92 Å². The lowest BCUT2D eigenvalue weighted by Gasteiger charge is -2.49. The molecule has 2 fully saturated rings. The molecule has 0 unspecified atom stereocenters. The number of hydrogen-bond acceptors (Lipinski definition) is 3. The molecule has 0 spiro atoms. The van der Waals surface area contributed by atoms with Gasteiger partial charge in [0.15, 0.2) is 0 Å². The van der Waals surface area contributed by atoms with Crippen molar-refractivity contribution in [3.8, 4) is 0 Å². The fourth-order valence-corrected chi connectivity index (χ4v) is 4.15. The number of nitrogens with one attached hydrogen (secondary N) is 1. The molecule has 136 valence electrons. The maximum Gasteiger partial charge on any atom is 0.223 e. The van der Waals surface area contributed by atoms with Gasteiger partial charge in [0, 0.05) is 44.2 Å². The third-order valence-corrected chi connectivity index (χ3v) is 5.91. The normalized spacial score (nSPS) is 22.6. The van der Waals surface area contributed by atoms with Gasteiger partial charge < -0.3 is 10.2 Å². The van der Waals surface area contributed by atoms with E-state index in [1.807, 2.05) is 0 Å². The summed E-state index contributed by atoms with van der Waals surface area (Å²) in [5, 5.41) is 3.31. The molecule has 0 aromatic rings. The lowest BCUT2D eigenvalue weighted by Crippen LogP contribution is -2.61. The number of amides is 1. The highest BCUT2D eigenvalue weighted by Crippen LogP contribution is 2.34. The Balaban J connectivity index is 0.00000264. The Kier molecular flexibility index (Phi) is 8.88. The number of rotatable bonds is 6. The van der Waals surface area contributed by atoms with Crippen molar-refractivity contribution in [2.24, 2.45) is 5.92 Å². The summed E-state index contributed by atoms with van der Waals surface area (Å²) in [6.07, 6.45) is 8.38. The number of carbonyl (C=O) groups is 1. The second-order valence-corrected chi connectivity index (χ2v) is 7.31. The van der Waals surface area contributed by atoms with Gasteiger partial charge in [-0.1, -0.05) is 33.1 Å². The molecule has 1 saturated heterocycles. The molecule has 0 bridgehead atoms. The van der Waals surface area contributed by atoms with E-state index in [4.69, 9.17) is 0 Å². The van der Waals surface area contributed by atoms with Crippen LogP contribution in [0.1, 0.15) is 58.8 Å². The molecule has 1 heterocycles. The maximum absolute atomic E-state index is 12.4. The third-order valence-electron chi connectivity index (χ3n) is 5.91. The number of piperazine rings is 1. The standard InChI is InChI=1S/C18H35N3O.ClH/c1-4-16(5-2)17(22)19-15-18(9-7-6-8-10-18)21-13-11-20(3)12-14-21;/h16H,4-15H2,1-3H3,(H,19,22);1H. The van der Waals surface area contributed by atoms with Crippen molar-refractivity contribution in [1.82, 2.24) is 15.1 Å². The van der Waals surface area contributed by atoms with E-state index in [1.165, 1.54) is 32.1 Å². The molecule has 1 amide bonds. The number of carbonyl (C=O) groups excluding carboxylic acids is 1. The fraction of sp³-hybridized carbons (Fsp3) is 0.944. The van der Waals surface area contributed by atoms with Crippen molar-refractivity contribution in [3.05, 3.63) is 0 Å². The molecule has 1 saturated carbocycles. The molecular weight excluding hydrogens is 310 g/mol. The van der Waals surface area contributed by atoms with Crippen molar-refractivity contribution < 1.29 is 4.79 Å². The van der Waals surface area contributed by atoms with E-state index in [1.54, 1.807) is 0 Å². The first-order valence-electron chi connectivity index (χ1n) is 9.32. The molecule has 1 aliphatic heterocycles. The van der Waals surface area contributed by atoms with E-state index in [2.05, 4.69) is 36.0 Å². The van der Waals surface area contributed by atoms with Crippen LogP contribution in [-0.2, 0) is 4.79 Å². The predicted octanol–water partition coefficient (Wildman–Crippen LogP) is 2.91. The Morgan fingerprint density at radius 2 is 1.61 bits per heavy atom. The molecule has 0 atom stereocenters. The van der Waals surface area contributed by atoms with Crippen LogP contribution in [0.4, 0.5) is 0 Å². The summed E-state index contributed by atoms with van der Waals surface area (Å²) in [6.45, 7) is 9.69. The highest BCUT2D eigenvalue weighted by molar-refractivity contribution is 5.85. The molecule has 23 heavy (non-hydrogen) atoms. The predicted molar refractivity (Wildman–Crippen MR) is 99.2 cm³/mol. The molecule has 4 nitrogen and oxygen atoms in total. The topological polar surface area (TPSA) is 35.6 Å². The average molecular weight is 346 g/mol. The van der Waals surface area contributed by atoms with Crippen LogP contribution < -0.4 is 5.32 Å². The van der Waals surface area contributed by atoms with Gasteiger partial charge in [-0.05, 0) is 32.7 Å². The van der Waals surface area contributed by atoms with Crippen LogP contribution >= 0.6 is 12.4 Å². The highest BCUT2D eigenvalue weighted by Gasteiger charge is 2.39. The Morgan fingerprint density at radius 1 is 1.04 bits per heavy atom. The molecule has 1 aliphatic carbocycles. The molecule has 5 heteroatoms.